The Labute approximate surface area is 531 Å². The molecule has 0 aromatic heterocycles. The highest BCUT2D eigenvalue weighted by atomic mass is 32.2. The number of nitrogens with one attached hydrogen (secondary N) is 1. The predicted molar refractivity (Wildman–Crippen MR) is 329 cm³/mol. The number of carbonyl (C=O) groups excluding carboxylic acids is 3. The second-order valence-corrected chi connectivity index (χ2v) is 31.7. The minimum atomic E-state index is -1.71. The molecule has 0 aromatic rings. The van der Waals surface area contributed by atoms with Gasteiger partial charge in [0, 0.05) is 86.4 Å². The van der Waals surface area contributed by atoms with Crippen molar-refractivity contribution in [2.24, 2.45) is 11.8 Å². The molecule has 0 saturated carbocycles. The molecule has 3 N–H and O–H groups in total. The molecule has 19 nitrogen and oxygen atoms in total. The van der Waals surface area contributed by atoms with Crippen LogP contribution < -0.4 is 10.4 Å². The summed E-state index contributed by atoms with van der Waals surface area (Å²) in [5.41, 5.74) is -2.78. The molecule has 11 heterocycles. The molecule has 0 spiro atoms. The Balaban J connectivity index is 0.651. The molecule has 20 heteroatoms. The van der Waals surface area contributed by atoms with Crippen LogP contribution in [-0.2, 0) is 77.3 Å². The van der Waals surface area contributed by atoms with Crippen LogP contribution in [0.25, 0.3) is 0 Å². The van der Waals surface area contributed by atoms with E-state index >= 15 is 0 Å². The van der Waals surface area contributed by atoms with Gasteiger partial charge in [0.25, 0.3) is 0 Å². The molecular weight excluding hydrogens is 1160 g/mol. The fourth-order valence-corrected chi connectivity index (χ4v) is 19.0. The van der Waals surface area contributed by atoms with Crippen molar-refractivity contribution in [1.82, 2.24) is 5.32 Å². The average Bonchev–Trinajstić information content (AvgIpc) is 1.67. The fraction of sp³-hybridized carbons (Fsp3) is 0.899. The molecule has 3 unspecified atom stereocenters. The zero-order valence-corrected chi connectivity index (χ0v) is 55.4. The van der Waals surface area contributed by atoms with Crippen molar-refractivity contribution in [3.8, 4) is 0 Å². The van der Waals surface area contributed by atoms with E-state index < -0.39 is 87.1 Å². The SMILES string of the molecule is CCCCCCCCCCCCCCCC(=O)NC(CS(=O)CC(CO)C[C@@H]1C[C@H](O)[C@]2(C)O[C@@H]3C[C@@H]4O[C@@H]5C[C@]6(C)O[C@]7(C)CC[C@@H]8O[C@@H]9C[C@]%10(C)O[C@@H]%11C(C)=CC(=O)O[C@H]%11C[C@H]%10O[C@H]9C[C@@H](C)[C@H]8O[C@H]7C[C@H]6O[C@@]5(C)CC=C[C@H]4O[C@H]3C[C@H]2O1)C(=O)[O-]. The molecule has 11 rings (SSSR count). The van der Waals surface area contributed by atoms with Crippen LogP contribution in [-0.4, -0.2) is 188 Å². The summed E-state index contributed by atoms with van der Waals surface area (Å²) in [7, 11) is -1.71. The average molecular weight is 1270 g/mol. The van der Waals surface area contributed by atoms with Crippen molar-refractivity contribution in [2.75, 3.05) is 18.1 Å². The topological polar surface area (TPSA) is 245 Å². The number of hydrogen-bond donors (Lipinski definition) is 3. The quantitative estimate of drug-likeness (QED) is 0.0502. The van der Waals surface area contributed by atoms with Gasteiger partial charge in [0.15, 0.2) is 0 Å². The first-order valence-electron chi connectivity index (χ1n) is 34.8. The molecular formula is C69H108NO18S-. The van der Waals surface area contributed by atoms with Gasteiger partial charge in [-0.25, -0.2) is 4.79 Å². The van der Waals surface area contributed by atoms with Gasteiger partial charge in [-0.3, -0.25) is 9.00 Å². The molecule has 1 amide bonds. The lowest BCUT2D eigenvalue weighted by molar-refractivity contribution is -0.356. The number of fused-ring (bicyclic) bond motifs is 10. The van der Waals surface area contributed by atoms with Gasteiger partial charge in [-0.2, -0.15) is 0 Å². The lowest BCUT2D eigenvalue weighted by Gasteiger charge is -2.60. The van der Waals surface area contributed by atoms with Crippen molar-refractivity contribution in [2.45, 2.75) is 360 Å². The maximum atomic E-state index is 13.5. The predicted octanol–water partition coefficient (Wildman–Crippen LogP) is 7.79. The number of carboxylic acid groups (broad SMARTS) is 1. The lowest BCUT2D eigenvalue weighted by Crippen LogP contribution is -2.70. The first-order valence-corrected chi connectivity index (χ1v) is 36.3. The Kier molecular flexibility index (Phi) is 21.7. The summed E-state index contributed by atoms with van der Waals surface area (Å²) in [6.07, 6.45) is 22.2. The molecule has 0 radical (unpaired) electrons. The first-order chi connectivity index (χ1) is 42.5. The number of aliphatic hydroxyl groups is 2. The molecule has 11 aliphatic heterocycles. The summed E-state index contributed by atoms with van der Waals surface area (Å²) in [6, 6.07) is -1.42. The second-order valence-electron chi connectivity index (χ2n) is 30.2. The zero-order chi connectivity index (χ0) is 63.0. The maximum absolute atomic E-state index is 13.5. The second kappa shape index (κ2) is 28.5. The van der Waals surface area contributed by atoms with E-state index in [0.717, 1.165) is 44.1 Å². The summed E-state index contributed by atoms with van der Waals surface area (Å²) in [6.45, 7) is 16.6. The normalized spacial score (nSPS) is 45.0. The molecule has 11 aliphatic rings. The van der Waals surface area contributed by atoms with Crippen LogP contribution in [0.15, 0.2) is 23.8 Å². The van der Waals surface area contributed by atoms with E-state index in [4.69, 9.17) is 52.1 Å². The highest BCUT2D eigenvalue weighted by molar-refractivity contribution is 7.85. The Morgan fingerprint density at radius 2 is 1.37 bits per heavy atom. The number of hydrogen-bond acceptors (Lipinski definition) is 18. The summed E-state index contributed by atoms with van der Waals surface area (Å²) >= 11 is 0. The smallest absolute Gasteiger partial charge is 0.331 e. The van der Waals surface area contributed by atoms with Crippen LogP contribution in [0.1, 0.15) is 222 Å². The number of rotatable bonds is 23. The number of unbranched alkanes of at least 4 members (excludes halogenated alkanes) is 12. The number of carboxylic acids is 1. The van der Waals surface area contributed by atoms with Gasteiger partial charge in [-0.15, -0.1) is 0 Å². The van der Waals surface area contributed by atoms with Gasteiger partial charge in [0.05, 0.1) is 120 Å². The molecule has 9 fully saturated rings. The van der Waals surface area contributed by atoms with Crippen LogP contribution >= 0.6 is 0 Å². The first kappa shape index (κ1) is 68.0. The van der Waals surface area contributed by atoms with Crippen LogP contribution in [0.2, 0.25) is 0 Å². The number of ether oxygens (including phenoxy) is 11. The minimum absolute atomic E-state index is 0.00858. The third-order valence-electron chi connectivity index (χ3n) is 22.9. The Morgan fingerprint density at radius 1 is 0.685 bits per heavy atom. The molecule has 89 heavy (non-hydrogen) atoms. The summed E-state index contributed by atoms with van der Waals surface area (Å²) in [5, 5.41) is 37.1. The summed E-state index contributed by atoms with van der Waals surface area (Å²) in [4.78, 5) is 37.3. The molecule has 504 valence electrons. The van der Waals surface area contributed by atoms with Gasteiger partial charge in [0.2, 0.25) is 5.91 Å². The van der Waals surface area contributed by atoms with E-state index in [-0.39, 0.29) is 129 Å². The number of amides is 1. The van der Waals surface area contributed by atoms with Crippen LogP contribution in [0.5, 0.6) is 0 Å². The Bertz CT molecular complexity index is 2540. The van der Waals surface area contributed by atoms with Crippen molar-refractivity contribution >= 4 is 28.6 Å². The molecule has 0 bridgehead atoms. The molecule has 0 aromatic carbocycles. The van der Waals surface area contributed by atoms with Crippen molar-refractivity contribution < 1.29 is 86.0 Å². The Hall–Kier alpha value is -2.44. The lowest BCUT2D eigenvalue weighted by atomic mass is 9.72. The van der Waals surface area contributed by atoms with Gasteiger partial charge in [-0.1, -0.05) is 103 Å². The van der Waals surface area contributed by atoms with E-state index in [1.807, 2.05) is 13.8 Å². The Morgan fingerprint density at radius 3 is 2.09 bits per heavy atom. The van der Waals surface area contributed by atoms with E-state index in [1.165, 1.54) is 63.9 Å². The fourth-order valence-electron chi connectivity index (χ4n) is 17.5. The van der Waals surface area contributed by atoms with Crippen LogP contribution in [0, 0.1) is 11.8 Å². The van der Waals surface area contributed by atoms with Crippen molar-refractivity contribution in [3.63, 3.8) is 0 Å². The maximum Gasteiger partial charge on any atom is 0.331 e. The van der Waals surface area contributed by atoms with Crippen molar-refractivity contribution in [3.05, 3.63) is 23.8 Å². The highest BCUT2D eigenvalue weighted by Gasteiger charge is 2.64. The van der Waals surface area contributed by atoms with Crippen molar-refractivity contribution in [1.29, 1.82) is 0 Å². The van der Waals surface area contributed by atoms with E-state index in [1.54, 1.807) is 0 Å². The summed E-state index contributed by atoms with van der Waals surface area (Å²) in [5.74, 6) is -2.94. The highest BCUT2D eigenvalue weighted by Crippen LogP contribution is 2.55. The van der Waals surface area contributed by atoms with E-state index in [0.29, 0.717) is 51.4 Å². The minimum Gasteiger partial charge on any atom is -0.548 e. The summed E-state index contributed by atoms with van der Waals surface area (Å²) < 4.78 is 89.9. The van der Waals surface area contributed by atoms with Crippen LogP contribution in [0.3, 0.4) is 0 Å². The number of aliphatic hydroxyl groups excluding tert-OH is 2. The third kappa shape index (κ3) is 15.2. The monoisotopic (exact) mass is 1270 g/mol. The molecule has 26 atom stereocenters. The van der Waals surface area contributed by atoms with Gasteiger partial charge in [0.1, 0.15) is 23.9 Å². The third-order valence-corrected chi connectivity index (χ3v) is 24.4. The zero-order valence-electron chi connectivity index (χ0n) is 54.6. The standard InChI is InChI=1S/C69H109NO18S/c1-9-10-11-12-13-14-15-16-17-18-19-20-21-24-60(73)70-45(64(75)76)40-89(77)39-43(38-71)30-44-31-54(72)69(8)58(78-44)33-50-51(85-69)32-49-46(79-50)23-22-26-65(4)59(82-49)37-68(7)57(86-65)35-56-66(5,88-68)27-25-47-62(84-56)41(2)28-48-53(80-47)36-67(6)55(81-48)34-52-63(87-67)42(3)29-61(74)83-52/h22-23,29,41,43-59,62-63,71-72H,9-21,24-28,30-40H2,1-8H3,(H,70,73)(H,75,76)/p-1/t41-,43?,44-,45?,46-,47+,48+,49+,50+,51-,52+,53-,54+,55-,56+,57-,58-,59-,62-,63-,65+,66-,67+,68+,69+,89?/m1/s1. The van der Waals surface area contributed by atoms with E-state index in [2.05, 4.69) is 59.0 Å². The van der Waals surface area contributed by atoms with Gasteiger partial charge >= 0.3 is 5.97 Å². The number of esters is 1. The van der Waals surface area contributed by atoms with Gasteiger partial charge in [-0.05, 0) is 97.5 Å². The largest absolute Gasteiger partial charge is 0.548 e. The molecule has 9 saturated heterocycles. The number of carbonyl (C=O) groups is 3. The van der Waals surface area contributed by atoms with Crippen LogP contribution in [0.4, 0.5) is 0 Å². The van der Waals surface area contributed by atoms with E-state index in [9.17, 15) is 33.9 Å². The number of aliphatic carboxylic acids is 1. The van der Waals surface area contributed by atoms with Gasteiger partial charge < -0.3 is 77.5 Å². The molecule has 0 aliphatic carbocycles.